The molecule has 148 valence electrons. The maximum absolute atomic E-state index is 13.6. The highest BCUT2D eigenvalue weighted by atomic mass is 79.9. The smallest absolute Gasteiger partial charge is 0.233 e. The summed E-state index contributed by atoms with van der Waals surface area (Å²) in [6.07, 6.45) is 1.85. The van der Waals surface area contributed by atoms with Crippen molar-refractivity contribution in [3.8, 4) is 5.75 Å². The minimum atomic E-state index is -0.325. The lowest BCUT2D eigenvalue weighted by Crippen LogP contribution is -2.51. The van der Waals surface area contributed by atoms with Gasteiger partial charge >= 0.3 is 0 Å². The van der Waals surface area contributed by atoms with Crippen LogP contribution in [0.4, 0.5) is 4.39 Å². The minimum absolute atomic E-state index is 0.248. The number of amides is 1. The number of halogens is 2. The standard InChI is InChI=1S/C22H24BrFN2O2/c1-28-20-7-6-19(24)14-16(20)15-25-10-12-26(13-11-25)21(27)22(8-9-22)17-2-4-18(23)5-3-17/h2-7,14H,8-13,15H2,1H3. The van der Waals surface area contributed by atoms with E-state index in [-0.39, 0.29) is 17.1 Å². The summed E-state index contributed by atoms with van der Waals surface area (Å²) in [4.78, 5) is 17.4. The van der Waals surface area contributed by atoms with Gasteiger partial charge in [0.2, 0.25) is 5.91 Å². The fourth-order valence-corrected chi connectivity index (χ4v) is 4.31. The molecular formula is C22H24BrFN2O2. The molecule has 0 atom stereocenters. The zero-order valence-corrected chi connectivity index (χ0v) is 17.5. The van der Waals surface area contributed by atoms with Crippen LogP contribution in [0.15, 0.2) is 46.9 Å². The van der Waals surface area contributed by atoms with E-state index in [1.807, 2.05) is 17.0 Å². The molecular weight excluding hydrogens is 423 g/mol. The Labute approximate surface area is 173 Å². The summed E-state index contributed by atoms with van der Waals surface area (Å²) in [5.41, 5.74) is 1.64. The zero-order chi connectivity index (χ0) is 19.7. The normalized spacial score (nSPS) is 18.8. The van der Waals surface area contributed by atoms with Crippen molar-refractivity contribution in [3.05, 3.63) is 63.9 Å². The van der Waals surface area contributed by atoms with Crippen molar-refractivity contribution in [2.45, 2.75) is 24.8 Å². The Kier molecular flexibility index (Phi) is 5.43. The summed E-state index contributed by atoms with van der Waals surface area (Å²) in [7, 11) is 1.60. The molecule has 1 saturated heterocycles. The lowest BCUT2D eigenvalue weighted by molar-refractivity contribution is -0.135. The van der Waals surface area contributed by atoms with Gasteiger partial charge in [0.15, 0.2) is 0 Å². The van der Waals surface area contributed by atoms with Gasteiger partial charge in [0, 0.05) is 42.8 Å². The van der Waals surface area contributed by atoms with Gasteiger partial charge in [-0.3, -0.25) is 9.69 Å². The van der Waals surface area contributed by atoms with Gasteiger partial charge in [0.1, 0.15) is 11.6 Å². The molecule has 1 aliphatic heterocycles. The molecule has 0 radical (unpaired) electrons. The largest absolute Gasteiger partial charge is 0.496 e. The quantitative estimate of drug-likeness (QED) is 0.696. The Hall–Kier alpha value is -1.92. The number of piperazine rings is 1. The minimum Gasteiger partial charge on any atom is -0.496 e. The van der Waals surface area contributed by atoms with E-state index in [0.29, 0.717) is 25.4 Å². The zero-order valence-electron chi connectivity index (χ0n) is 16.0. The molecule has 0 N–H and O–H groups in total. The van der Waals surface area contributed by atoms with E-state index in [1.54, 1.807) is 13.2 Å². The average Bonchev–Trinajstić information content (AvgIpc) is 3.51. The molecule has 4 nitrogen and oxygen atoms in total. The van der Waals surface area contributed by atoms with Crippen LogP contribution in [0.5, 0.6) is 5.75 Å². The van der Waals surface area contributed by atoms with Crippen molar-refractivity contribution in [3.63, 3.8) is 0 Å². The van der Waals surface area contributed by atoms with Gasteiger partial charge in [-0.15, -0.1) is 0 Å². The van der Waals surface area contributed by atoms with E-state index in [9.17, 15) is 9.18 Å². The van der Waals surface area contributed by atoms with Crippen molar-refractivity contribution in [1.82, 2.24) is 9.80 Å². The Bertz CT molecular complexity index is 859. The van der Waals surface area contributed by atoms with Crippen LogP contribution in [0.25, 0.3) is 0 Å². The summed E-state index contributed by atoms with van der Waals surface area (Å²) >= 11 is 3.46. The molecule has 4 rings (SSSR count). The number of carbonyl (C=O) groups is 1. The number of hydrogen-bond donors (Lipinski definition) is 0. The molecule has 2 fully saturated rings. The van der Waals surface area contributed by atoms with Crippen LogP contribution >= 0.6 is 15.9 Å². The van der Waals surface area contributed by atoms with Gasteiger partial charge in [0.05, 0.1) is 12.5 Å². The lowest BCUT2D eigenvalue weighted by atomic mass is 9.94. The van der Waals surface area contributed by atoms with Crippen molar-refractivity contribution < 1.29 is 13.9 Å². The Morgan fingerprint density at radius 2 is 1.79 bits per heavy atom. The Balaban J connectivity index is 1.39. The number of hydrogen-bond acceptors (Lipinski definition) is 3. The summed E-state index contributed by atoms with van der Waals surface area (Å²) < 4.78 is 20.0. The average molecular weight is 447 g/mol. The van der Waals surface area contributed by atoms with E-state index in [4.69, 9.17) is 4.74 Å². The summed E-state index contributed by atoms with van der Waals surface area (Å²) in [6, 6.07) is 12.7. The molecule has 1 heterocycles. The highest BCUT2D eigenvalue weighted by molar-refractivity contribution is 9.10. The fraction of sp³-hybridized carbons (Fsp3) is 0.409. The third-order valence-corrected chi connectivity index (χ3v) is 6.38. The first-order valence-electron chi connectivity index (χ1n) is 9.62. The molecule has 6 heteroatoms. The molecule has 0 bridgehead atoms. The molecule has 1 saturated carbocycles. The van der Waals surface area contributed by atoms with Gasteiger partial charge in [-0.1, -0.05) is 28.1 Å². The predicted molar refractivity (Wildman–Crippen MR) is 110 cm³/mol. The SMILES string of the molecule is COc1ccc(F)cc1CN1CCN(C(=O)C2(c3ccc(Br)cc3)CC2)CC1. The number of methoxy groups -OCH3 is 1. The number of nitrogens with zero attached hydrogens (tertiary/aromatic N) is 2. The first-order valence-corrected chi connectivity index (χ1v) is 10.4. The van der Waals surface area contributed by atoms with Gasteiger partial charge in [-0.25, -0.2) is 4.39 Å². The highest BCUT2D eigenvalue weighted by Gasteiger charge is 2.53. The monoisotopic (exact) mass is 446 g/mol. The maximum atomic E-state index is 13.6. The van der Waals surface area contributed by atoms with Crippen LogP contribution in [0, 0.1) is 5.82 Å². The topological polar surface area (TPSA) is 32.8 Å². The lowest BCUT2D eigenvalue weighted by Gasteiger charge is -2.37. The first-order chi connectivity index (χ1) is 13.5. The third kappa shape index (κ3) is 3.80. The maximum Gasteiger partial charge on any atom is 0.233 e. The van der Waals surface area contributed by atoms with E-state index in [1.165, 1.54) is 12.1 Å². The van der Waals surface area contributed by atoms with Gasteiger partial charge in [0.25, 0.3) is 0 Å². The molecule has 2 aromatic rings. The van der Waals surface area contributed by atoms with E-state index >= 15 is 0 Å². The van der Waals surface area contributed by atoms with Crippen molar-refractivity contribution >= 4 is 21.8 Å². The van der Waals surface area contributed by atoms with Gasteiger partial charge < -0.3 is 9.64 Å². The molecule has 0 unspecified atom stereocenters. The highest BCUT2D eigenvalue weighted by Crippen LogP contribution is 2.49. The van der Waals surface area contributed by atoms with Crippen LogP contribution in [0.1, 0.15) is 24.0 Å². The van der Waals surface area contributed by atoms with E-state index < -0.39 is 0 Å². The Morgan fingerprint density at radius 3 is 2.39 bits per heavy atom. The second-order valence-electron chi connectivity index (χ2n) is 7.61. The first kappa shape index (κ1) is 19.4. The molecule has 1 aliphatic carbocycles. The fourth-order valence-electron chi connectivity index (χ4n) is 4.04. The summed E-state index contributed by atoms with van der Waals surface area (Å²) in [6.45, 7) is 3.59. The van der Waals surface area contributed by atoms with Crippen LogP contribution in [-0.2, 0) is 16.8 Å². The third-order valence-electron chi connectivity index (χ3n) is 5.85. The van der Waals surface area contributed by atoms with Crippen molar-refractivity contribution in [1.29, 1.82) is 0 Å². The number of carbonyl (C=O) groups excluding carboxylic acids is 1. The predicted octanol–water partition coefficient (Wildman–Crippen LogP) is 3.97. The van der Waals surface area contributed by atoms with E-state index in [0.717, 1.165) is 41.5 Å². The van der Waals surface area contributed by atoms with Crippen LogP contribution in [0.2, 0.25) is 0 Å². The summed E-state index contributed by atoms with van der Waals surface area (Å²) in [5, 5.41) is 0. The number of benzene rings is 2. The van der Waals surface area contributed by atoms with Crippen LogP contribution < -0.4 is 4.74 Å². The number of rotatable bonds is 5. The van der Waals surface area contributed by atoms with Crippen molar-refractivity contribution in [2.24, 2.45) is 0 Å². The number of ether oxygens (including phenoxy) is 1. The molecule has 2 aliphatic rings. The molecule has 0 spiro atoms. The summed E-state index contributed by atoms with van der Waals surface area (Å²) in [5.74, 6) is 0.694. The Morgan fingerprint density at radius 1 is 1.11 bits per heavy atom. The molecule has 28 heavy (non-hydrogen) atoms. The molecule has 1 amide bonds. The second-order valence-corrected chi connectivity index (χ2v) is 8.53. The van der Waals surface area contributed by atoms with E-state index in [2.05, 4.69) is 33.0 Å². The van der Waals surface area contributed by atoms with Crippen LogP contribution in [0.3, 0.4) is 0 Å². The van der Waals surface area contributed by atoms with Crippen molar-refractivity contribution in [2.75, 3.05) is 33.3 Å². The van der Waals surface area contributed by atoms with Gasteiger partial charge in [-0.05, 0) is 48.7 Å². The van der Waals surface area contributed by atoms with Gasteiger partial charge in [-0.2, -0.15) is 0 Å². The molecule has 2 aromatic carbocycles. The molecule has 0 aromatic heterocycles. The second kappa shape index (κ2) is 7.84. The van der Waals surface area contributed by atoms with Crippen LogP contribution in [-0.4, -0.2) is 49.0 Å².